The Morgan fingerprint density at radius 2 is 2.06 bits per heavy atom. The quantitative estimate of drug-likeness (QED) is 0.596. The maximum absolute atomic E-state index is 13.1. The first-order valence-electron chi connectivity index (χ1n) is 11.3. The number of hydrogen-bond donors (Lipinski definition) is 2. The van der Waals surface area contributed by atoms with Gasteiger partial charge in [-0.2, -0.15) is 5.26 Å². The molecule has 9 heteroatoms. The minimum atomic E-state index is -0.293. The summed E-state index contributed by atoms with van der Waals surface area (Å²) in [6.07, 6.45) is 0.818. The number of amides is 2. The number of anilines is 1. The number of morpholine rings is 1. The van der Waals surface area contributed by atoms with Crippen LogP contribution in [0.2, 0.25) is 0 Å². The number of rotatable bonds is 3. The summed E-state index contributed by atoms with van der Waals surface area (Å²) in [5.41, 5.74) is 4.65. The van der Waals surface area contributed by atoms with Crippen molar-refractivity contribution in [3.05, 3.63) is 53.3 Å². The van der Waals surface area contributed by atoms with Crippen LogP contribution in [0.4, 0.5) is 9.93 Å². The number of nitrogens with one attached hydrogen (secondary N) is 2. The fourth-order valence-electron chi connectivity index (χ4n) is 4.62. The third-order valence-corrected chi connectivity index (χ3v) is 7.21. The number of carbonyl (C=O) groups excluding carboxylic acids is 1. The summed E-state index contributed by atoms with van der Waals surface area (Å²) in [5.74, 6) is 0. The van der Waals surface area contributed by atoms with Gasteiger partial charge in [0.15, 0.2) is 5.13 Å². The molecule has 2 aliphatic heterocycles. The number of hydrogen-bond acceptors (Lipinski definition) is 7. The Balaban J connectivity index is 1.45. The maximum atomic E-state index is 13.1. The van der Waals surface area contributed by atoms with Gasteiger partial charge in [-0.3, -0.25) is 10.3 Å². The molecule has 2 amide bonds. The second-order valence-electron chi connectivity index (χ2n) is 8.84. The van der Waals surface area contributed by atoms with Crippen LogP contribution in [0.5, 0.6) is 0 Å². The van der Waals surface area contributed by atoms with Gasteiger partial charge in [0.05, 0.1) is 41.0 Å². The predicted octanol–water partition coefficient (Wildman–Crippen LogP) is 3.96. The Hall–Kier alpha value is -3.32. The number of nitriles is 1. The second kappa shape index (κ2) is 9.14. The van der Waals surface area contributed by atoms with Crippen molar-refractivity contribution in [2.45, 2.75) is 25.9 Å². The lowest BCUT2D eigenvalue weighted by Gasteiger charge is -2.34. The number of benzene rings is 1. The van der Waals surface area contributed by atoms with E-state index in [1.54, 1.807) is 11.0 Å². The van der Waals surface area contributed by atoms with E-state index < -0.39 is 0 Å². The number of likely N-dealkylation sites (tertiary alicyclic amines) is 1. The van der Waals surface area contributed by atoms with Crippen LogP contribution in [-0.4, -0.2) is 59.3 Å². The molecule has 34 heavy (non-hydrogen) atoms. The van der Waals surface area contributed by atoms with Gasteiger partial charge in [-0.1, -0.05) is 23.5 Å². The van der Waals surface area contributed by atoms with Crippen molar-refractivity contribution in [1.29, 1.82) is 5.26 Å². The second-order valence-corrected chi connectivity index (χ2v) is 9.84. The van der Waals surface area contributed by atoms with Crippen molar-refractivity contribution in [3.63, 3.8) is 0 Å². The molecule has 0 saturated carbocycles. The highest BCUT2D eigenvalue weighted by atomic mass is 32.1. The van der Waals surface area contributed by atoms with E-state index in [1.165, 1.54) is 11.3 Å². The van der Waals surface area contributed by atoms with E-state index in [2.05, 4.69) is 21.7 Å². The van der Waals surface area contributed by atoms with Gasteiger partial charge < -0.3 is 15.0 Å². The van der Waals surface area contributed by atoms with Crippen LogP contribution in [0.3, 0.4) is 0 Å². The summed E-state index contributed by atoms with van der Waals surface area (Å²) in [6, 6.07) is 13.4. The molecule has 1 atom stereocenters. The molecule has 2 N–H and O–H groups in total. The lowest BCUT2D eigenvalue weighted by Crippen LogP contribution is -2.52. The molecule has 1 aromatic carbocycles. The van der Waals surface area contributed by atoms with E-state index in [-0.39, 0.29) is 11.6 Å². The van der Waals surface area contributed by atoms with Crippen LogP contribution in [-0.2, 0) is 4.74 Å². The van der Waals surface area contributed by atoms with Crippen LogP contribution >= 0.6 is 11.3 Å². The van der Waals surface area contributed by atoms with Crippen LogP contribution < -0.4 is 10.6 Å². The smallest absolute Gasteiger partial charge is 0.323 e. The molecule has 2 aromatic heterocycles. The topological polar surface area (TPSA) is 103 Å². The van der Waals surface area contributed by atoms with Crippen LogP contribution in [0.1, 0.15) is 23.4 Å². The van der Waals surface area contributed by atoms with E-state index in [4.69, 9.17) is 9.72 Å². The Labute approximate surface area is 202 Å². The zero-order valence-electron chi connectivity index (χ0n) is 19.2. The molecule has 1 spiro atoms. The fraction of sp³-hybridized carbons (Fsp3) is 0.360. The van der Waals surface area contributed by atoms with Gasteiger partial charge in [0.1, 0.15) is 0 Å². The third-order valence-electron chi connectivity index (χ3n) is 6.19. The molecule has 174 valence electrons. The van der Waals surface area contributed by atoms with Gasteiger partial charge in [0.2, 0.25) is 0 Å². The summed E-state index contributed by atoms with van der Waals surface area (Å²) >= 11 is 1.43. The van der Waals surface area contributed by atoms with Crippen LogP contribution in [0, 0.1) is 25.2 Å². The lowest BCUT2D eigenvalue weighted by atomic mass is 10.0. The largest absolute Gasteiger partial charge is 0.370 e. The number of aryl methyl sites for hydroxylation is 2. The first kappa shape index (κ1) is 22.5. The minimum Gasteiger partial charge on any atom is -0.370 e. The average Bonchev–Trinajstić information content (AvgIpc) is 3.44. The monoisotopic (exact) mass is 474 g/mol. The first-order valence-corrected chi connectivity index (χ1v) is 12.1. The molecule has 3 aromatic rings. The van der Waals surface area contributed by atoms with E-state index in [9.17, 15) is 10.1 Å². The van der Waals surface area contributed by atoms with Gasteiger partial charge in [-0.15, -0.1) is 0 Å². The third kappa shape index (κ3) is 4.53. The fourth-order valence-corrected chi connectivity index (χ4v) is 5.59. The predicted molar refractivity (Wildman–Crippen MR) is 132 cm³/mol. The Morgan fingerprint density at radius 1 is 1.24 bits per heavy atom. The standard InChI is InChI=1S/C25H26N6O2S/c1-16-10-20(11-17(2)28-16)22-21(19-5-3-4-18(12-19)13-26)29-23(34-22)30-24(32)31-8-6-25(15-31)14-27-7-9-33-25/h3-5,10-12,27H,6-9,14-15H2,1-2H3,(H,29,30,32). The van der Waals surface area contributed by atoms with E-state index in [0.717, 1.165) is 52.6 Å². The molecule has 0 aliphatic carbocycles. The molecule has 0 bridgehead atoms. The van der Waals surface area contributed by atoms with Crippen molar-refractivity contribution in [2.75, 3.05) is 38.1 Å². The number of thiazole rings is 1. The zero-order chi connectivity index (χ0) is 23.7. The lowest BCUT2D eigenvalue weighted by molar-refractivity contribution is -0.0551. The maximum Gasteiger partial charge on any atom is 0.323 e. The Morgan fingerprint density at radius 3 is 2.79 bits per heavy atom. The summed E-state index contributed by atoms with van der Waals surface area (Å²) in [7, 11) is 0. The molecule has 5 rings (SSSR count). The summed E-state index contributed by atoms with van der Waals surface area (Å²) in [5, 5.41) is 16.3. The van der Waals surface area contributed by atoms with Crippen LogP contribution in [0.25, 0.3) is 21.7 Å². The number of nitrogens with zero attached hydrogens (tertiary/aromatic N) is 4. The highest BCUT2D eigenvalue weighted by Crippen LogP contribution is 2.40. The Kier molecular flexibility index (Phi) is 6.04. The summed E-state index contributed by atoms with van der Waals surface area (Å²) in [6.45, 7) is 7.40. The van der Waals surface area contributed by atoms with E-state index in [0.29, 0.717) is 30.4 Å². The normalized spacial score (nSPS) is 19.9. The number of carbonyl (C=O) groups is 1. The number of ether oxygens (including phenoxy) is 1. The molecule has 2 aliphatic rings. The molecule has 8 nitrogen and oxygen atoms in total. The molecule has 0 radical (unpaired) electrons. The summed E-state index contributed by atoms with van der Waals surface area (Å²) in [4.78, 5) is 25.1. The van der Waals surface area contributed by atoms with Gasteiger partial charge in [0, 0.05) is 36.6 Å². The van der Waals surface area contributed by atoms with Gasteiger partial charge in [0.25, 0.3) is 0 Å². The van der Waals surface area contributed by atoms with E-state index in [1.807, 2.05) is 44.2 Å². The van der Waals surface area contributed by atoms with Gasteiger partial charge >= 0.3 is 6.03 Å². The number of urea groups is 1. The van der Waals surface area contributed by atoms with E-state index >= 15 is 0 Å². The average molecular weight is 475 g/mol. The molecule has 2 saturated heterocycles. The molecular weight excluding hydrogens is 448 g/mol. The highest BCUT2D eigenvalue weighted by molar-refractivity contribution is 7.19. The Bertz CT molecular complexity index is 1250. The zero-order valence-corrected chi connectivity index (χ0v) is 20.0. The number of aromatic nitrogens is 2. The molecule has 4 heterocycles. The minimum absolute atomic E-state index is 0.175. The van der Waals surface area contributed by atoms with Crippen molar-refractivity contribution in [1.82, 2.24) is 20.2 Å². The SMILES string of the molecule is Cc1cc(-c2sc(NC(=O)N3CCC4(CNCCO4)C3)nc2-c2cccc(C#N)c2)cc(C)n1. The summed E-state index contributed by atoms with van der Waals surface area (Å²) < 4.78 is 6.01. The van der Waals surface area contributed by atoms with Gasteiger partial charge in [-0.05, 0) is 50.1 Å². The molecule has 2 fully saturated rings. The first-order chi connectivity index (χ1) is 16.4. The van der Waals surface area contributed by atoms with Crippen molar-refractivity contribution < 1.29 is 9.53 Å². The van der Waals surface area contributed by atoms with Crippen LogP contribution in [0.15, 0.2) is 36.4 Å². The van der Waals surface area contributed by atoms with Crippen molar-refractivity contribution in [2.24, 2.45) is 0 Å². The van der Waals surface area contributed by atoms with Crippen molar-refractivity contribution >= 4 is 22.5 Å². The highest BCUT2D eigenvalue weighted by Gasteiger charge is 2.42. The molecular formula is C25H26N6O2S. The number of pyridine rings is 1. The van der Waals surface area contributed by atoms with Gasteiger partial charge in [-0.25, -0.2) is 9.78 Å². The molecule has 1 unspecified atom stereocenters. The van der Waals surface area contributed by atoms with Crippen molar-refractivity contribution in [3.8, 4) is 27.8 Å².